The molecular formula is C15H18N2O2. The third-order valence-electron chi connectivity index (χ3n) is 3.93. The fourth-order valence-corrected chi connectivity index (χ4v) is 3.09. The molecular weight excluding hydrogens is 240 g/mol. The van der Waals surface area contributed by atoms with Gasteiger partial charge in [-0.15, -0.1) is 0 Å². The van der Waals surface area contributed by atoms with Crippen molar-refractivity contribution in [3.63, 3.8) is 0 Å². The van der Waals surface area contributed by atoms with Crippen LogP contribution in [0.15, 0.2) is 28.9 Å². The second-order valence-corrected chi connectivity index (χ2v) is 5.28. The number of phenols is 1. The number of benzene rings is 1. The van der Waals surface area contributed by atoms with Gasteiger partial charge in [-0.05, 0) is 36.5 Å². The van der Waals surface area contributed by atoms with Crippen molar-refractivity contribution >= 4 is 0 Å². The molecule has 0 amide bonds. The molecule has 2 aromatic rings. The first-order chi connectivity index (χ1) is 9.16. The van der Waals surface area contributed by atoms with Crippen LogP contribution in [-0.2, 0) is 6.54 Å². The molecule has 0 saturated heterocycles. The van der Waals surface area contributed by atoms with E-state index in [1.165, 1.54) is 11.1 Å². The molecule has 100 valence electrons. The van der Waals surface area contributed by atoms with Gasteiger partial charge in [-0.1, -0.05) is 18.1 Å². The Bertz CT molecular complexity index is 578. The fraction of sp³-hybridized carbons (Fsp3) is 0.400. The number of fused-ring (bicyclic) bond motifs is 1. The molecule has 0 bridgehead atoms. The van der Waals surface area contributed by atoms with Crippen LogP contribution in [0.5, 0.6) is 5.75 Å². The summed E-state index contributed by atoms with van der Waals surface area (Å²) in [4.78, 5) is 0. The summed E-state index contributed by atoms with van der Waals surface area (Å²) in [6.45, 7) is 4.94. The first-order valence-corrected chi connectivity index (χ1v) is 6.62. The third-order valence-corrected chi connectivity index (χ3v) is 3.93. The lowest BCUT2D eigenvalue weighted by Crippen LogP contribution is -2.18. The highest BCUT2D eigenvalue weighted by molar-refractivity contribution is 5.50. The summed E-state index contributed by atoms with van der Waals surface area (Å²) in [6, 6.07) is 5.80. The Morgan fingerprint density at radius 1 is 1.37 bits per heavy atom. The molecule has 1 heterocycles. The highest BCUT2D eigenvalue weighted by Crippen LogP contribution is 2.45. The Morgan fingerprint density at radius 3 is 2.95 bits per heavy atom. The van der Waals surface area contributed by atoms with Gasteiger partial charge in [0.2, 0.25) is 0 Å². The molecule has 4 heteroatoms. The smallest absolute Gasteiger partial charge is 0.150 e. The number of hydrogen-bond acceptors (Lipinski definition) is 4. The van der Waals surface area contributed by atoms with Gasteiger partial charge in [0.05, 0.1) is 12.7 Å². The monoisotopic (exact) mass is 258 g/mol. The summed E-state index contributed by atoms with van der Waals surface area (Å²) in [5, 5.41) is 17.3. The van der Waals surface area contributed by atoms with Crippen LogP contribution < -0.4 is 5.32 Å². The fourth-order valence-electron chi connectivity index (χ4n) is 3.09. The Morgan fingerprint density at radius 2 is 2.21 bits per heavy atom. The van der Waals surface area contributed by atoms with Gasteiger partial charge < -0.3 is 14.9 Å². The predicted molar refractivity (Wildman–Crippen MR) is 72.0 cm³/mol. The number of nitrogens with one attached hydrogen (secondary N) is 1. The normalized spacial score (nSPS) is 21.6. The SMILES string of the molecule is Cc1ccc(O)c2c1C(C)CC2NCc1ccno1. The highest BCUT2D eigenvalue weighted by Gasteiger charge is 2.31. The number of rotatable bonds is 3. The summed E-state index contributed by atoms with van der Waals surface area (Å²) in [5.74, 6) is 1.67. The van der Waals surface area contributed by atoms with Gasteiger partial charge in [0.1, 0.15) is 11.5 Å². The van der Waals surface area contributed by atoms with E-state index in [1.54, 1.807) is 12.3 Å². The van der Waals surface area contributed by atoms with Gasteiger partial charge in [-0.3, -0.25) is 0 Å². The molecule has 0 aliphatic heterocycles. The second-order valence-electron chi connectivity index (χ2n) is 5.28. The maximum absolute atomic E-state index is 10.1. The van der Waals surface area contributed by atoms with E-state index >= 15 is 0 Å². The molecule has 4 nitrogen and oxygen atoms in total. The molecule has 0 radical (unpaired) electrons. The Balaban J connectivity index is 1.85. The Kier molecular flexibility index (Phi) is 3.03. The number of aromatic hydroxyl groups is 1. The minimum Gasteiger partial charge on any atom is -0.508 e. The molecule has 2 atom stereocenters. The lowest BCUT2D eigenvalue weighted by Gasteiger charge is -2.14. The minimum absolute atomic E-state index is 0.176. The molecule has 2 N–H and O–H groups in total. The van der Waals surface area contributed by atoms with E-state index < -0.39 is 0 Å². The van der Waals surface area contributed by atoms with Crippen LogP contribution in [0.1, 0.15) is 47.8 Å². The number of phenolic OH excluding ortho intramolecular Hbond substituents is 1. The van der Waals surface area contributed by atoms with Crippen LogP contribution in [0, 0.1) is 6.92 Å². The summed E-state index contributed by atoms with van der Waals surface area (Å²) in [7, 11) is 0. The van der Waals surface area contributed by atoms with E-state index in [-0.39, 0.29) is 6.04 Å². The number of aromatic nitrogens is 1. The van der Waals surface area contributed by atoms with Crippen LogP contribution >= 0.6 is 0 Å². The zero-order chi connectivity index (χ0) is 13.4. The predicted octanol–water partition coefficient (Wildman–Crippen LogP) is 3.03. The lowest BCUT2D eigenvalue weighted by atomic mass is 9.97. The number of aryl methyl sites for hydroxylation is 1. The highest BCUT2D eigenvalue weighted by atomic mass is 16.5. The van der Waals surface area contributed by atoms with Crippen LogP contribution in [0.2, 0.25) is 0 Å². The maximum Gasteiger partial charge on any atom is 0.150 e. The van der Waals surface area contributed by atoms with Crippen molar-refractivity contribution in [3.8, 4) is 5.75 Å². The average Bonchev–Trinajstić information content (AvgIpc) is 2.99. The van der Waals surface area contributed by atoms with Gasteiger partial charge in [-0.2, -0.15) is 0 Å². The van der Waals surface area contributed by atoms with Crippen molar-refractivity contribution in [2.75, 3.05) is 0 Å². The molecule has 1 aliphatic rings. The zero-order valence-corrected chi connectivity index (χ0v) is 11.2. The Hall–Kier alpha value is -1.81. The molecule has 3 rings (SSSR count). The van der Waals surface area contributed by atoms with E-state index in [0.717, 1.165) is 17.7 Å². The van der Waals surface area contributed by atoms with Crippen molar-refractivity contribution in [2.24, 2.45) is 0 Å². The van der Waals surface area contributed by atoms with E-state index in [0.29, 0.717) is 18.2 Å². The molecule has 2 unspecified atom stereocenters. The van der Waals surface area contributed by atoms with Crippen LogP contribution in [0.25, 0.3) is 0 Å². The topological polar surface area (TPSA) is 58.3 Å². The minimum atomic E-state index is 0.176. The molecule has 0 spiro atoms. The number of nitrogens with zero attached hydrogens (tertiary/aromatic N) is 1. The molecule has 0 fully saturated rings. The van der Waals surface area contributed by atoms with Gasteiger partial charge in [-0.25, -0.2) is 0 Å². The Labute approximate surface area is 112 Å². The van der Waals surface area contributed by atoms with Crippen LogP contribution in [-0.4, -0.2) is 10.3 Å². The number of hydrogen-bond donors (Lipinski definition) is 2. The quantitative estimate of drug-likeness (QED) is 0.888. The molecule has 19 heavy (non-hydrogen) atoms. The third kappa shape index (κ3) is 2.12. The standard InChI is InChI=1S/C15H18N2O2/c1-9-3-4-13(18)15-12(7-10(2)14(9)15)16-8-11-5-6-17-19-11/h3-6,10,12,16,18H,7-8H2,1-2H3. The van der Waals surface area contributed by atoms with Crippen molar-refractivity contribution in [1.29, 1.82) is 0 Å². The average molecular weight is 258 g/mol. The molecule has 1 aliphatic carbocycles. The van der Waals surface area contributed by atoms with Crippen molar-refractivity contribution in [1.82, 2.24) is 10.5 Å². The van der Waals surface area contributed by atoms with Gasteiger partial charge >= 0.3 is 0 Å². The first kappa shape index (κ1) is 12.2. The molecule has 1 aromatic carbocycles. The summed E-state index contributed by atoms with van der Waals surface area (Å²) >= 11 is 0. The largest absolute Gasteiger partial charge is 0.508 e. The molecule has 0 saturated carbocycles. The summed E-state index contributed by atoms with van der Waals surface area (Å²) < 4.78 is 5.09. The van der Waals surface area contributed by atoms with E-state index in [2.05, 4.69) is 24.3 Å². The molecule has 1 aromatic heterocycles. The van der Waals surface area contributed by atoms with Crippen LogP contribution in [0.3, 0.4) is 0 Å². The van der Waals surface area contributed by atoms with Gasteiger partial charge in [0.25, 0.3) is 0 Å². The van der Waals surface area contributed by atoms with Crippen molar-refractivity contribution in [3.05, 3.63) is 46.8 Å². The summed E-state index contributed by atoms with van der Waals surface area (Å²) in [6.07, 6.45) is 2.64. The summed E-state index contributed by atoms with van der Waals surface area (Å²) in [5.41, 5.74) is 3.59. The van der Waals surface area contributed by atoms with Crippen molar-refractivity contribution < 1.29 is 9.63 Å². The van der Waals surface area contributed by atoms with Crippen LogP contribution in [0.4, 0.5) is 0 Å². The second kappa shape index (κ2) is 4.70. The maximum atomic E-state index is 10.1. The van der Waals surface area contributed by atoms with E-state index in [4.69, 9.17) is 4.52 Å². The van der Waals surface area contributed by atoms with E-state index in [9.17, 15) is 5.11 Å². The zero-order valence-electron chi connectivity index (χ0n) is 11.2. The lowest BCUT2D eigenvalue weighted by molar-refractivity contribution is 0.359. The van der Waals surface area contributed by atoms with Gasteiger partial charge in [0, 0.05) is 17.7 Å². The first-order valence-electron chi connectivity index (χ1n) is 6.62. The van der Waals surface area contributed by atoms with E-state index in [1.807, 2.05) is 12.1 Å². The van der Waals surface area contributed by atoms with Crippen molar-refractivity contribution in [2.45, 2.75) is 38.8 Å². The van der Waals surface area contributed by atoms with Gasteiger partial charge in [0.15, 0.2) is 0 Å².